The Morgan fingerprint density at radius 1 is 1.08 bits per heavy atom. The van der Waals surface area contributed by atoms with E-state index in [1.807, 2.05) is 0 Å². The van der Waals surface area contributed by atoms with Gasteiger partial charge in [0.05, 0.1) is 6.54 Å². The largest absolute Gasteiger partial charge is 0.350 e. The highest BCUT2D eigenvalue weighted by Crippen LogP contribution is 2.23. The standard InChI is InChI=1S/C17H17ClN4O3S/c18-14-7-5-13(6-8-14)12-22-17(23)21-11-3-4-15(16(21)19-22)26(24,25)20-9-1-2-10-20/h3-8,11H,1-2,9-10,12H2. The molecule has 136 valence electrons. The number of aromatic nitrogens is 3. The van der Waals surface area contributed by atoms with Gasteiger partial charge in [0.1, 0.15) is 4.90 Å². The minimum absolute atomic E-state index is 0.0638. The molecule has 1 aromatic carbocycles. The second kappa shape index (κ2) is 6.53. The fourth-order valence-corrected chi connectivity index (χ4v) is 4.91. The van der Waals surface area contributed by atoms with Gasteiger partial charge in [-0.15, -0.1) is 5.10 Å². The third kappa shape index (κ3) is 2.94. The van der Waals surface area contributed by atoms with E-state index >= 15 is 0 Å². The van der Waals surface area contributed by atoms with E-state index in [0.29, 0.717) is 18.1 Å². The fraction of sp³-hybridized carbons (Fsp3) is 0.294. The highest BCUT2D eigenvalue weighted by molar-refractivity contribution is 7.89. The van der Waals surface area contributed by atoms with Gasteiger partial charge in [0, 0.05) is 24.3 Å². The molecule has 0 spiro atoms. The molecule has 0 aliphatic carbocycles. The molecule has 4 rings (SSSR count). The van der Waals surface area contributed by atoms with E-state index in [0.717, 1.165) is 18.4 Å². The minimum Gasteiger partial charge on any atom is -0.249 e. The van der Waals surface area contributed by atoms with E-state index in [4.69, 9.17) is 11.6 Å². The number of hydrogen-bond donors (Lipinski definition) is 0. The quantitative estimate of drug-likeness (QED) is 0.680. The summed E-state index contributed by atoms with van der Waals surface area (Å²) in [4.78, 5) is 12.7. The summed E-state index contributed by atoms with van der Waals surface area (Å²) < 4.78 is 29.8. The maximum atomic E-state index is 12.9. The summed E-state index contributed by atoms with van der Waals surface area (Å²) in [6, 6.07) is 10.1. The maximum absolute atomic E-state index is 12.9. The van der Waals surface area contributed by atoms with Crippen molar-refractivity contribution in [2.45, 2.75) is 24.3 Å². The Bertz CT molecular complexity index is 1110. The van der Waals surface area contributed by atoms with Gasteiger partial charge in [0.25, 0.3) is 0 Å². The van der Waals surface area contributed by atoms with E-state index in [2.05, 4.69) is 5.10 Å². The van der Waals surface area contributed by atoms with Crippen LogP contribution in [-0.4, -0.2) is 40.0 Å². The van der Waals surface area contributed by atoms with Crippen molar-refractivity contribution in [3.05, 3.63) is 63.7 Å². The number of fused-ring (bicyclic) bond motifs is 1. The number of rotatable bonds is 4. The lowest BCUT2D eigenvalue weighted by molar-refractivity contribution is 0.477. The third-order valence-electron chi connectivity index (χ3n) is 4.50. The van der Waals surface area contributed by atoms with Crippen LogP contribution in [0.3, 0.4) is 0 Å². The number of halogens is 1. The Morgan fingerprint density at radius 2 is 1.77 bits per heavy atom. The van der Waals surface area contributed by atoms with Gasteiger partial charge in [-0.25, -0.2) is 22.3 Å². The predicted molar refractivity (Wildman–Crippen MR) is 98.0 cm³/mol. The van der Waals surface area contributed by atoms with E-state index in [9.17, 15) is 13.2 Å². The van der Waals surface area contributed by atoms with Crippen LogP contribution in [0.1, 0.15) is 18.4 Å². The number of hydrogen-bond acceptors (Lipinski definition) is 4. The van der Waals surface area contributed by atoms with E-state index in [1.54, 1.807) is 30.3 Å². The Morgan fingerprint density at radius 3 is 2.46 bits per heavy atom. The molecule has 7 nitrogen and oxygen atoms in total. The molecular formula is C17H17ClN4O3S. The van der Waals surface area contributed by atoms with Crippen molar-refractivity contribution in [3.8, 4) is 0 Å². The van der Waals surface area contributed by atoms with Gasteiger partial charge in [-0.3, -0.25) is 0 Å². The van der Waals surface area contributed by atoms with Crippen LogP contribution in [0.5, 0.6) is 0 Å². The van der Waals surface area contributed by atoms with Crippen molar-refractivity contribution in [2.75, 3.05) is 13.1 Å². The Balaban J connectivity index is 1.80. The summed E-state index contributed by atoms with van der Waals surface area (Å²) in [5.41, 5.74) is 0.621. The van der Waals surface area contributed by atoms with E-state index in [-0.39, 0.29) is 22.8 Å². The van der Waals surface area contributed by atoms with Crippen LogP contribution >= 0.6 is 11.6 Å². The number of nitrogens with zero attached hydrogens (tertiary/aromatic N) is 4. The second-order valence-electron chi connectivity index (χ2n) is 6.24. The summed E-state index contributed by atoms with van der Waals surface area (Å²) in [6.07, 6.45) is 3.23. The highest BCUT2D eigenvalue weighted by atomic mass is 35.5. The summed E-state index contributed by atoms with van der Waals surface area (Å²) in [5, 5.41) is 4.90. The van der Waals surface area contributed by atoms with Crippen molar-refractivity contribution in [1.29, 1.82) is 0 Å². The van der Waals surface area contributed by atoms with E-state index < -0.39 is 10.0 Å². The molecule has 2 aromatic heterocycles. The zero-order valence-electron chi connectivity index (χ0n) is 13.9. The van der Waals surface area contributed by atoms with Crippen LogP contribution in [0, 0.1) is 0 Å². The summed E-state index contributed by atoms with van der Waals surface area (Å²) in [6.45, 7) is 1.24. The lowest BCUT2D eigenvalue weighted by Crippen LogP contribution is -2.28. The molecule has 0 atom stereocenters. The summed E-state index contributed by atoms with van der Waals surface area (Å²) in [5.74, 6) is 0. The first-order valence-electron chi connectivity index (χ1n) is 8.29. The lowest BCUT2D eigenvalue weighted by atomic mass is 10.2. The third-order valence-corrected chi connectivity index (χ3v) is 6.67. The number of pyridine rings is 1. The molecule has 9 heteroatoms. The van der Waals surface area contributed by atoms with Gasteiger partial charge in [0.15, 0.2) is 5.65 Å². The SMILES string of the molecule is O=c1n(Cc2ccc(Cl)cc2)nc2c(S(=O)(=O)N3CCCC3)cccn12. The normalized spacial score (nSPS) is 15.7. The van der Waals surface area contributed by atoms with Crippen LogP contribution in [-0.2, 0) is 16.6 Å². The molecule has 0 bridgehead atoms. The first-order valence-corrected chi connectivity index (χ1v) is 10.1. The average Bonchev–Trinajstić information content (AvgIpc) is 3.27. The van der Waals surface area contributed by atoms with Gasteiger partial charge in [0.2, 0.25) is 10.0 Å². The van der Waals surface area contributed by atoms with Crippen molar-refractivity contribution in [2.24, 2.45) is 0 Å². The zero-order valence-corrected chi connectivity index (χ0v) is 15.4. The second-order valence-corrected chi connectivity index (χ2v) is 8.59. The van der Waals surface area contributed by atoms with Crippen molar-refractivity contribution in [1.82, 2.24) is 18.5 Å². The molecular weight excluding hydrogens is 376 g/mol. The Kier molecular flexibility index (Phi) is 4.34. The molecule has 1 aliphatic rings. The van der Waals surface area contributed by atoms with Crippen LogP contribution in [0.4, 0.5) is 0 Å². The number of benzene rings is 1. The lowest BCUT2D eigenvalue weighted by Gasteiger charge is -2.15. The highest BCUT2D eigenvalue weighted by Gasteiger charge is 2.30. The van der Waals surface area contributed by atoms with Crippen LogP contribution in [0.2, 0.25) is 5.02 Å². The minimum atomic E-state index is -3.67. The van der Waals surface area contributed by atoms with E-state index in [1.165, 1.54) is 25.7 Å². The van der Waals surface area contributed by atoms with Crippen LogP contribution in [0.15, 0.2) is 52.3 Å². The Hall–Kier alpha value is -2.16. The molecule has 26 heavy (non-hydrogen) atoms. The van der Waals surface area contributed by atoms with Crippen molar-refractivity contribution >= 4 is 27.3 Å². The maximum Gasteiger partial charge on any atom is 0.350 e. The van der Waals surface area contributed by atoms with Gasteiger partial charge in [-0.05, 0) is 42.7 Å². The number of sulfonamides is 1. The van der Waals surface area contributed by atoms with Gasteiger partial charge < -0.3 is 0 Å². The topological polar surface area (TPSA) is 76.7 Å². The fourth-order valence-electron chi connectivity index (χ4n) is 3.15. The molecule has 0 amide bonds. The molecule has 0 N–H and O–H groups in total. The Labute approximate surface area is 155 Å². The van der Waals surface area contributed by atoms with Gasteiger partial charge in [-0.2, -0.15) is 4.31 Å². The first-order chi connectivity index (χ1) is 12.5. The molecule has 0 unspecified atom stereocenters. The summed E-state index contributed by atoms with van der Waals surface area (Å²) in [7, 11) is -3.67. The monoisotopic (exact) mass is 392 g/mol. The molecule has 3 aromatic rings. The van der Waals surface area contributed by atoms with Crippen LogP contribution in [0.25, 0.3) is 5.65 Å². The van der Waals surface area contributed by atoms with Crippen LogP contribution < -0.4 is 5.69 Å². The molecule has 3 heterocycles. The van der Waals surface area contributed by atoms with Gasteiger partial charge in [-0.1, -0.05) is 23.7 Å². The molecule has 1 fully saturated rings. The zero-order chi connectivity index (χ0) is 18.3. The van der Waals surface area contributed by atoms with Crippen molar-refractivity contribution in [3.63, 3.8) is 0 Å². The smallest absolute Gasteiger partial charge is 0.249 e. The van der Waals surface area contributed by atoms with Gasteiger partial charge >= 0.3 is 5.69 Å². The summed E-state index contributed by atoms with van der Waals surface area (Å²) >= 11 is 5.88. The van der Waals surface area contributed by atoms with Crippen molar-refractivity contribution < 1.29 is 8.42 Å². The molecule has 0 radical (unpaired) electrons. The first kappa shape index (κ1) is 17.3. The molecule has 1 aliphatic heterocycles. The molecule has 1 saturated heterocycles. The average molecular weight is 393 g/mol. The molecule has 0 saturated carbocycles. The predicted octanol–water partition coefficient (Wildman–Crippen LogP) is 1.98.